The Morgan fingerprint density at radius 1 is 1.10 bits per heavy atom. The standard InChI is InChI=1S/C20H22N2O7/c1-4-26-20(25)18-11(2)17(12(3)22-18)19(24)27-9-16(23)21-8-13-5-6-14-15(7-13)29-10-28-14/h5-7,22H,4,8-10H2,1-3H3,(H,21,23). The van der Waals surface area contributed by atoms with Crippen molar-refractivity contribution < 1.29 is 33.3 Å². The van der Waals surface area contributed by atoms with Crippen molar-refractivity contribution in [2.75, 3.05) is 20.0 Å². The van der Waals surface area contributed by atoms with E-state index in [2.05, 4.69) is 10.3 Å². The number of benzene rings is 1. The van der Waals surface area contributed by atoms with Gasteiger partial charge < -0.3 is 29.2 Å². The maximum absolute atomic E-state index is 12.4. The summed E-state index contributed by atoms with van der Waals surface area (Å²) in [5, 5.41) is 2.67. The van der Waals surface area contributed by atoms with Crippen LogP contribution in [0.3, 0.4) is 0 Å². The summed E-state index contributed by atoms with van der Waals surface area (Å²) in [5.41, 5.74) is 2.13. The summed E-state index contributed by atoms with van der Waals surface area (Å²) in [5.74, 6) is -0.404. The molecule has 0 bridgehead atoms. The van der Waals surface area contributed by atoms with Crippen LogP contribution in [0.2, 0.25) is 0 Å². The highest BCUT2D eigenvalue weighted by molar-refractivity contribution is 5.99. The average Bonchev–Trinajstić information content (AvgIpc) is 3.28. The molecule has 9 nitrogen and oxygen atoms in total. The van der Waals surface area contributed by atoms with Crippen LogP contribution < -0.4 is 14.8 Å². The number of H-pyrrole nitrogens is 1. The van der Waals surface area contributed by atoms with E-state index in [0.717, 1.165) is 5.56 Å². The van der Waals surface area contributed by atoms with Gasteiger partial charge in [0.05, 0.1) is 12.2 Å². The Kier molecular flexibility index (Phi) is 6.06. The summed E-state index contributed by atoms with van der Waals surface area (Å²) >= 11 is 0. The summed E-state index contributed by atoms with van der Waals surface area (Å²) < 4.78 is 20.6. The van der Waals surface area contributed by atoms with Crippen molar-refractivity contribution in [3.05, 3.63) is 46.3 Å². The number of rotatable bonds is 7. The Bertz CT molecular complexity index is 949. The third-order valence-electron chi connectivity index (χ3n) is 4.38. The Hall–Kier alpha value is -3.49. The monoisotopic (exact) mass is 402 g/mol. The molecular formula is C20H22N2O7. The molecule has 29 heavy (non-hydrogen) atoms. The quantitative estimate of drug-likeness (QED) is 0.681. The minimum atomic E-state index is -0.690. The number of carbonyl (C=O) groups is 3. The van der Waals surface area contributed by atoms with Gasteiger partial charge in [0, 0.05) is 12.2 Å². The highest BCUT2D eigenvalue weighted by atomic mass is 16.7. The second-order valence-corrected chi connectivity index (χ2v) is 6.39. The number of ether oxygens (including phenoxy) is 4. The van der Waals surface area contributed by atoms with Crippen molar-refractivity contribution >= 4 is 17.8 Å². The summed E-state index contributed by atoms with van der Waals surface area (Å²) in [6.07, 6.45) is 0. The molecule has 1 aliphatic heterocycles. The van der Waals surface area contributed by atoms with Gasteiger partial charge in [-0.1, -0.05) is 6.07 Å². The summed E-state index contributed by atoms with van der Waals surface area (Å²) in [6, 6.07) is 5.35. The molecule has 0 spiro atoms. The normalized spacial score (nSPS) is 11.8. The first-order valence-electron chi connectivity index (χ1n) is 9.09. The Balaban J connectivity index is 1.54. The summed E-state index contributed by atoms with van der Waals surface area (Å²) in [6.45, 7) is 5.17. The zero-order valence-electron chi connectivity index (χ0n) is 16.4. The molecule has 0 fully saturated rings. The first kappa shape index (κ1) is 20.2. The van der Waals surface area contributed by atoms with Gasteiger partial charge in [0.15, 0.2) is 18.1 Å². The number of aromatic amines is 1. The number of hydrogen-bond acceptors (Lipinski definition) is 7. The van der Waals surface area contributed by atoms with Crippen LogP contribution in [0.5, 0.6) is 11.5 Å². The van der Waals surface area contributed by atoms with Gasteiger partial charge in [0.25, 0.3) is 5.91 Å². The Labute approximate surface area is 167 Å². The lowest BCUT2D eigenvalue weighted by atomic mass is 10.1. The van der Waals surface area contributed by atoms with Crippen LogP contribution >= 0.6 is 0 Å². The number of esters is 2. The number of amides is 1. The fourth-order valence-corrected chi connectivity index (χ4v) is 2.97. The van der Waals surface area contributed by atoms with Crippen LogP contribution in [0.4, 0.5) is 0 Å². The van der Waals surface area contributed by atoms with Gasteiger partial charge in [0.2, 0.25) is 6.79 Å². The molecule has 9 heteroatoms. The molecule has 0 atom stereocenters. The molecule has 2 aromatic rings. The molecule has 0 aliphatic carbocycles. The van der Waals surface area contributed by atoms with Gasteiger partial charge in [-0.25, -0.2) is 9.59 Å². The molecule has 0 unspecified atom stereocenters. The topological polar surface area (TPSA) is 116 Å². The molecule has 0 saturated carbocycles. The number of hydrogen-bond donors (Lipinski definition) is 2. The largest absolute Gasteiger partial charge is 0.461 e. The van der Waals surface area contributed by atoms with E-state index in [1.165, 1.54) is 0 Å². The molecule has 1 aromatic carbocycles. The van der Waals surface area contributed by atoms with E-state index in [4.69, 9.17) is 18.9 Å². The lowest BCUT2D eigenvalue weighted by Gasteiger charge is -2.08. The summed E-state index contributed by atoms with van der Waals surface area (Å²) in [7, 11) is 0. The average molecular weight is 402 g/mol. The molecule has 0 radical (unpaired) electrons. The highest BCUT2D eigenvalue weighted by Crippen LogP contribution is 2.32. The molecule has 2 N–H and O–H groups in total. The maximum Gasteiger partial charge on any atom is 0.355 e. The van der Waals surface area contributed by atoms with E-state index in [1.807, 2.05) is 6.07 Å². The molecule has 0 saturated heterocycles. The van der Waals surface area contributed by atoms with Crippen molar-refractivity contribution in [2.45, 2.75) is 27.3 Å². The predicted octanol–water partition coefficient (Wildman–Crippen LogP) is 2.01. The highest BCUT2D eigenvalue weighted by Gasteiger charge is 2.24. The van der Waals surface area contributed by atoms with E-state index < -0.39 is 24.5 Å². The van der Waals surface area contributed by atoms with Crippen LogP contribution in [0, 0.1) is 13.8 Å². The van der Waals surface area contributed by atoms with Crippen molar-refractivity contribution in [3.63, 3.8) is 0 Å². The molecule has 1 aliphatic rings. The van der Waals surface area contributed by atoms with E-state index in [-0.39, 0.29) is 31.2 Å². The van der Waals surface area contributed by atoms with Crippen LogP contribution in [0.1, 0.15) is 44.6 Å². The van der Waals surface area contributed by atoms with Crippen LogP contribution in [0.15, 0.2) is 18.2 Å². The van der Waals surface area contributed by atoms with Gasteiger partial charge >= 0.3 is 11.9 Å². The van der Waals surface area contributed by atoms with Gasteiger partial charge in [-0.05, 0) is 44.0 Å². The van der Waals surface area contributed by atoms with Crippen molar-refractivity contribution in [1.29, 1.82) is 0 Å². The third kappa shape index (κ3) is 4.50. The Morgan fingerprint density at radius 3 is 2.62 bits per heavy atom. The van der Waals surface area contributed by atoms with Gasteiger partial charge in [0.1, 0.15) is 5.69 Å². The molecule has 154 valence electrons. The number of fused-ring (bicyclic) bond motifs is 1. The van der Waals surface area contributed by atoms with Crippen LogP contribution in [-0.4, -0.2) is 42.8 Å². The number of nitrogens with one attached hydrogen (secondary N) is 2. The van der Waals surface area contributed by atoms with E-state index in [0.29, 0.717) is 22.8 Å². The molecule has 1 aromatic heterocycles. The van der Waals surface area contributed by atoms with E-state index in [9.17, 15) is 14.4 Å². The zero-order chi connectivity index (χ0) is 21.0. The summed E-state index contributed by atoms with van der Waals surface area (Å²) in [4.78, 5) is 39.2. The Morgan fingerprint density at radius 2 is 1.86 bits per heavy atom. The second kappa shape index (κ2) is 8.68. The van der Waals surface area contributed by atoms with Gasteiger partial charge in [-0.15, -0.1) is 0 Å². The minimum absolute atomic E-state index is 0.178. The maximum atomic E-state index is 12.4. The van der Waals surface area contributed by atoms with Gasteiger partial charge in [-0.2, -0.15) is 0 Å². The van der Waals surface area contributed by atoms with Crippen LogP contribution in [0.25, 0.3) is 0 Å². The van der Waals surface area contributed by atoms with E-state index >= 15 is 0 Å². The van der Waals surface area contributed by atoms with Crippen molar-refractivity contribution in [1.82, 2.24) is 10.3 Å². The first-order chi connectivity index (χ1) is 13.9. The third-order valence-corrected chi connectivity index (χ3v) is 4.38. The smallest absolute Gasteiger partial charge is 0.355 e. The first-order valence-corrected chi connectivity index (χ1v) is 9.09. The predicted molar refractivity (Wildman–Crippen MR) is 101 cm³/mol. The van der Waals surface area contributed by atoms with Crippen molar-refractivity contribution in [3.8, 4) is 11.5 Å². The molecular weight excluding hydrogens is 380 g/mol. The zero-order valence-corrected chi connectivity index (χ0v) is 16.4. The second-order valence-electron chi connectivity index (χ2n) is 6.39. The van der Waals surface area contributed by atoms with Crippen molar-refractivity contribution in [2.24, 2.45) is 0 Å². The number of carbonyl (C=O) groups excluding carboxylic acids is 3. The lowest BCUT2D eigenvalue weighted by Crippen LogP contribution is -2.28. The SMILES string of the molecule is CCOC(=O)c1[nH]c(C)c(C(=O)OCC(=O)NCc2ccc3c(c2)OCO3)c1C. The molecule has 2 heterocycles. The fraction of sp³-hybridized carbons (Fsp3) is 0.350. The lowest BCUT2D eigenvalue weighted by molar-refractivity contribution is -0.124. The van der Waals surface area contributed by atoms with Gasteiger partial charge in [-0.3, -0.25) is 4.79 Å². The van der Waals surface area contributed by atoms with E-state index in [1.54, 1.807) is 32.9 Å². The van der Waals surface area contributed by atoms with Crippen LogP contribution in [-0.2, 0) is 20.8 Å². The minimum Gasteiger partial charge on any atom is -0.461 e. The fourth-order valence-electron chi connectivity index (χ4n) is 2.97. The number of aryl methyl sites for hydroxylation is 1. The molecule has 1 amide bonds. The molecule has 3 rings (SSSR count). The number of aromatic nitrogens is 1.